The lowest BCUT2D eigenvalue weighted by atomic mass is 9.68. The Balaban J connectivity index is 1.19. The van der Waals surface area contributed by atoms with Crippen LogP contribution in [0.3, 0.4) is 0 Å². The first-order valence-electron chi connectivity index (χ1n) is 16.0. The lowest BCUT2D eigenvalue weighted by Crippen LogP contribution is -2.49. The van der Waals surface area contributed by atoms with Gasteiger partial charge in [-0.15, -0.1) is 0 Å². The Morgan fingerprint density at radius 2 is 2.04 bits per heavy atom. The van der Waals surface area contributed by atoms with Gasteiger partial charge in [-0.05, 0) is 115 Å². The Morgan fingerprint density at radius 3 is 2.79 bits per heavy atom. The number of aliphatic hydroxyl groups excluding tert-OH is 1. The molecule has 6 rings (SSSR count). The van der Waals surface area contributed by atoms with Crippen molar-refractivity contribution in [3.05, 3.63) is 87.1 Å². The molecule has 1 aliphatic heterocycles. The van der Waals surface area contributed by atoms with E-state index in [1.54, 1.807) is 18.2 Å². The molecule has 0 radical (unpaired) electrons. The molecule has 0 saturated heterocycles. The molecule has 2 heterocycles. The Labute approximate surface area is 289 Å². The molecule has 1 aromatic heterocycles. The molecule has 1 fully saturated rings. The van der Waals surface area contributed by atoms with Crippen LogP contribution < -0.4 is 9.64 Å². The highest BCUT2D eigenvalue weighted by Gasteiger charge is 2.44. The molecule has 12 heteroatoms. The highest BCUT2D eigenvalue weighted by Crippen LogP contribution is 2.47. The molecule has 250 valence electrons. The number of esters is 1. The number of allylic oxidation sites excluding steroid dienone is 1. The van der Waals surface area contributed by atoms with Gasteiger partial charge in [0.2, 0.25) is 15.0 Å². The number of nitrogens with zero attached hydrogens (tertiary/aromatic N) is 3. The van der Waals surface area contributed by atoms with Crippen molar-refractivity contribution in [1.82, 2.24) is 9.97 Å². The number of fused-ring (bicyclic) bond motifs is 3. The van der Waals surface area contributed by atoms with E-state index in [4.69, 9.17) is 21.1 Å². The maximum Gasteiger partial charge on any atom is 0.337 e. The molecule has 0 amide bonds. The largest absolute Gasteiger partial charge is 0.490 e. The first-order chi connectivity index (χ1) is 22.6. The third-order valence-corrected chi connectivity index (χ3v) is 12.3. The van der Waals surface area contributed by atoms with E-state index in [0.717, 1.165) is 53.0 Å². The Kier molecular flexibility index (Phi) is 10.3. The van der Waals surface area contributed by atoms with Crippen molar-refractivity contribution < 1.29 is 27.8 Å². The summed E-state index contributed by atoms with van der Waals surface area (Å²) >= 11 is 9.97. The zero-order valence-corrected chi connectivity index (χ0v) is 29.4. The van der Waals surface area contributed by atoms with Crippen LogP contribution >= 0.6 is 27.5 Å². The minimum absolute atomic E-state index is 0.0359. The van der Waals surface area contributed by atoms with Crippen LogP contribution in [0.1, 0.15) is 60.0 Å². The number of sulfone groups is 1. The zero-order valence-electron chi connectivity index (χ0n) is 26.3. The fourth-order valence-electron chi connectivity index (χ4n) is 7.27. The van der Waals surface area contributed by atoms with Gasteiger partial charge in [0.25, 0.3) is 0 Å². The molecule has 3 aromatic rings. The van der Waals surface area contributed by atoms with E-state index in [1.165, 1.54) is 30.6 Å². The van der Waals surface area contributed by atoms with Crippen molar-refractivity contribution in [2.45, 2.75) is 61.6 Å². The zero-order chi connectivity index (χ0) is 33.2. The molecule has 1 spiro atoms. The van der Waals surface area contributed by atoms with Gasteiger partial charge in [-0.25, -0.2) is 23.2 Å². The van der Waals surface area contributed by atoms with Crippen molar-refractivity contribution in [3.8, 4) is 5.75 Å². The smallest absolute Gasteiger partial charge is 0.337 e. The van der Waals surface area contributed by atoms with Crippen LogP contribution in [0.5, 0.6) is 5.75 Å². The van der Waals surface area contributed by atoms with E-state index in [9.17, 15) is 18.3 Å². The normalized spacial score (nSPS) is 23.1. The van der Waals surface area contributed by atoms with Crippen LogP contribution in [-0.2, 0) is 26.4 Å². The van der Waals surface area contributed by atoms with Gasteiger partial charge < -0.3 is 19.5 Å². The SMILES string of the molecule is COC(=O)c1ccc2c(c1)N(C[C@@H]1CC[C@H]1[C@@H](O)/C=C(\Br)CCCS(=O)(=O)c1ncccn1)CC1(CCCc3cc(Cl)ccc31)CO2. The minimum Gasteiger partial charge on any atom is -0.490 e. The van der Waals surface area contributed by atoms with Crippen LogP contribution in [0.4, 0.5) is 5.69 Å². The number of carbonyl (C=O) groups excluding carboxylic acids is 1. The molecule has 9 nitrogen and oxygen atoms in total. The number of hydrogen-bond acceptors (Lipinski definition) is 9. The number of rotatable bonds is 10. The fraction of sp³-hybridized carbons (Fsp3) is 0.457. The topological polar surface area (TPSA) is 119 Å². The molecule has 0 bridgehead atoms. The van der Waals surface area contributed by atoms with Gasteiger partial charge in [0.15, 0.2) is 0 Å². The molecule has 3 aliphatic rings. The molecule has 4 atom stereocenters. The summed E-state index contributed by atoms with van der Waals surface area (Å²) in [5.41, 5.74) is 3.58. The number of anilines is 1. The fourth-order valence-corrected chi connectivity index (χ4v) is 9.17. The van der Waals surface area contributed by atoms with Crippen molar-refractivity contribution >= 4 is 49.0 Å². The van der Waals surface area contributed by atoms with E-state index in [2.05, 4.69) is 42.9 Å². The summed E-state index contributed by atoms with van der Waals surface area (Å²) in [4.78, 5) is 22.6. The Bertz CT molecular complexity index is 1760. The lowest BCUT2D eigenvalue weighted by Gasteiger charge is -2.45. The van der Waals surface area contributed by atoms with Gasteiger partial charge in [-0.1, -0.05) is 33.6 Å². The predicted octanol–water partition coefficient (Wildman–Crippen LogP) is 6.31. The molecular formula is C35H39BrClN3O6S. The number of ether oxygens (including phenoxy) is 2. The summed E-state index contributed by atoms with van der Waals surface area (Å²) in [6.07, 6.45) is 9.61. The average molecular weight is 745 g/mol. The van der Waals surface area contributed by atoms with Crippen LogP contribution in [0.25, 0.3) is 0 Å². The molecule has 2 aliphatic carbocycles. The summed E-state index contributed by atoms with van der Waals surface area (Å²) in [5, 5.41) is 11.9. The first-order valence-corrected chi connectivity index (χ1v) is 18.8. The predicted molar refractivity (Wildman–Crippen MR) is 184 cm³/mol. The molecule has 1 N–H and O–H groups in total. The van der Waals surface area contributed by atoms with Crippen LogP contribution in [0.15, 0.2) is 70.6 Å². The van der Waals surface area contributed by atoms with Gasteiger partial charge in [-0.2, -0.15) is 0 Å². The van der Waals surface area contributed by atoms with Gasteiger partial charge >= 0.3 is 5.97 Å². The average Bonchev–Trinajstić information content (AvgIpc) is 3.19. The second-order valence-electron chi connectivity index (χ2n) is 12.8. The Morgan fingerprint density at radius 1 is 1.23 bits per heavy atom. The van der Waals surface area contributed by atoms with Crippen LogP contribution in [0.2, 0.25) is 5.02 Å². The van der Waals surface area contributed by atoms with Crippen molar-refractivity contribution in [2.24, 2.45) is 11.8 Å². The van der Waals surface area contributed by atoms with E-state index < -0.39 is 21.9 Å². The summed E-state index contributed by atoms with van der Waals surface area (Å²) < 4.78 is 37.5. The van der Waals surface area contributed by atoms with Gasteiger partial charge in [-0.3, -0.25) is 0 Å². The standard InChI is InChI=1S/C35H39BrClN3O6S/c1-45-33(42)24-8-12-32-30(18-24)40(21-35(22-46-32)13-2-5-23-17-27(37)9-11-29(23)35)20-25-7-10-28(25)31(41)19-26(36)6-3-16-47(43,44)34-38-14-4-15-39-34/h4,8-9,11-12,14-15,17-19,25,28,31,41H,2-3,5-7,10,13,16,20-22H2,1H3/b26-19-/t25-,28+,31-,35?/m0/s1. The number of aliphatic hydroxyl groups is 1. The molecule has 1 unspecified atom stereocenters. The summed E-state index contributed by atoms with van der Waals surface area (Å²) in [5.74, 6) is 0.485. The quantitative estimate of drug-likeness (QED) is 0.188. The molecule has 47 heavy (non-hydrogen) atoms. The number of halogens is 2. The first kappa shape index (κ1) is 33.9. The maximum atomic E-state index is 12.6. The third kappa shape index (κ3) is 7.38. The second kappa shape index (κ2) is 14.2. The van der Waals surface area contributed by atoms with Crippen molar-refractivity contribution in [1.29, 1.82) is 0 Å². The van der Waals surface area contributed by atoms with E-state index in [1.807, 2.05) is 18.2 Å². The minimum atomic E-state index is -3.57. The third-order valence-electron chi connectivity index (χ3n) is 9.83. The number of aromatic nitrogens is 2. The van der Waals surface area contributed by atoms with Gasteiger partial charge in [0, 0.05) is 35.9 Å². The number of carbonyl (C=O) groups is 1. The summed E-state index contributed by atoms with van der Waals surface area (Å²) in [7, 11) is -2.19. The molecule has 2 aromatic carbocycles. The van der Waals surface area contributed by atoms with E-state index >= 15 is 0 Å². The number of aryl methyl sites for hydroxylation is 1. The second-order valence-corrected chi connectivity index (χ2v) is 16.3. The van der Waals surface area contributed by atoms with Crippen LogP contribution in [-0.4, -0.2) is 68.1 Å². The molecular weight excluding hydrogens is 706 g/mol. The maximum absolute atomic E-state index is 12.6. The highest BCUT2D eigenvalue weighted by molar-refractivity contribution is 9.11. The molecule has 1 saturated carbocycles. The summed E-state index contributed by atoms with van der Waals surface area (Å²) in [6, 6.07) is 13.2. The number of hydrogen-bond donors (Lipinski definition) is 1. The van der Waals surface area contributed by atoms with E-state index in [-0.39, 0.29) is 28.2 Å². The number of methoxy groups -OCH3 is 1. The van der Waals surface area contributed by atoms with E-state index in [0.29, 0.717) is 38.1 Å². The van der Waals surface area contributed by atoms with Gasteiger partial charge in [0.1, 0.15) is 5.75 Å². The monoisotopic (exact) mass is 743 g/mol. The lowest BCUT2D eigenvalue weighted by molar-refractivity contribution is 0.0455. The number of benzene rings is 2. The van der Waals surface area contributed by atoms with Crippen molar-refractivity contribution in [3.63, 3.8) is 0 Å². The van der Waals surface area contributed by atoms with Crippen molar-refractivity contribution in [2.75, 3.05) is 37.5 Å². The highest BCUT2D eigenvalue weighted by atomic mass is 79.9. The Hall–Kier alpha value is -2.99. The van der Waals surface area contributed by atoms with Gasteiger partial charge in [0.05, 0.1) is 36.8 Å². The van der Waals surface area contributed by atoms with Crippen LogP contribution in [0, 0.1) is 11.8 Å². The summed E-state index contributed by atoms with van der Waals surface area (Å²) in [6.45, 7) is 1.91.